The number of imide groups is 2. The van der Waals surface area contributed by atoms with Gasteiger partial charge in [0.05, 0.1) is 78.8 Å². The number of nitrogens with zero attached hydrogens (tertiary/aromatic N) is 2. The van der Waals surface area contributed by atoms with E-state index in [1.54, 1.807) is 0 Å². The average molecular weight is 515 g/mol. The Kier molecular flexibility index (Phi) is 12.3. The van der Waals surface area contributed by atoms with Gasteiger partial charge in [-0.15, -0.1) is 0 Å². The predicted molar refractivity (Wildman–Crippen MR) is 122 cm³/mol. The van der Waals surface area contributed by atoms with Crippen molar-refractivity contribution in [2.24, 2.45) is 0 Å². The molecule has 3 N–H and O–H groups in total. The molecule has 2 atom stereocenters. The molecule has 0 aliphatic carbocycles. The molecule has 0 bridgehead atoms. The lowest BCUT2D eigenvalue weighted by Gasteiger charge is -2.17. The molecule has 13 heteroatoms. The number of hydrogen-bond donors (Lipinski definition) is 3. The quantitative estimate of drug-likeness (QED) is 0.103. The maximum Gasteiger partial charge on any atom is 0.256 e. The third kappa shape index (κ3) is 9.50. The minimum atomic E-state index is -0.994. The van der Waals surface area contributed by atoms with E-state index in [0.29, 0.717) is 0 Å². The molecule has 2 heterocycles. The summed E-state index contributed by atoms with van der Waals surface area (Å²) in [6, 6.07) is 0. The molecule has 2 rings (SSSR count). The first-order valence-corrected chi connectivity index (χ1v) is 11.5. The molecule has 0 radical (unpaired) electrons. The van der Waals surface area contributed by atoms with Crippen molar-refractivity contribution in [2.75, 3.05) is 65.9 Å². The monoisotopic (exact) mass is 514 g/mol. The van der Waals surface area contributed by atoms with E-state index < -0.39 is 30.1 Å². The van der Waals surface area contributed by atoms with Crippen LogP contribution < -0.4 is 0 Å². The lowest BCUT2D eigenvalue weighted by molar-refractivity contribution is -0.140. The van der Waals surface area contributed by atoms with E-state index in [4.69, 9.17) is 18.9 Å². The number of carbonyl (C=O) groups excluding carboxylic acids is 4. The summed E-state index contributed by atoms with van der Waals surface area (Å²) < 4.78 is 20.9. The van der Waals surface area contributed by atoms with Crippen LogP contribution in [0.1, 0.15) is 12.8 Å². The molecule has 2 aliphatic heterocycles. The summed E-state index contributed by atoms with van der Waals surface area (Å²) in [6.45, 7) is 6.71. The molecule has 13 nitrogen and oxygen atoms in total. The normalized spacial score (nSPS) is 19.1. The van der Waals surface area contributed by atoms with Crippen molar-refractivity contribution in [3.63, 3.8) is 0 Å². The van der Waals surface area contributed by atoms with Gasteiger partial charge in [-0.2, -0.15) is 0 Å². The van der Waals surface area contributed by atoms with Crippen molar-refractivity contribution in [1.29, 1.82) is 0 Å². The number of ether oxygens (including phenoxy) is 4. The molecule has 2 aliphatic rings. The number of rotatable bonds is 18. The summed E-state index contributed by atoms with van der Waals surface area (Å²) >= 11 is 0. The Morgan fingerprint density at radius 3 is 1.19 bits per heavy atom. The Morgan fingerprint density at radius 2 is 0.917 bits per heavy atom. The zero-order valence-electron chi connectivity index (χ0n) is 20.1. The molecule has 0 aromatic rings. The van der Waals surface area contributed by atoms with Crippen LogP contribution in [-0.4, -0.2) is 133 Å². The zero-order chi connectivity index (χ0) is 26.7. The van der Waals surface area contributed by atoms with E-state index in [1.807, 2.05) is 0 Å². The fourth-order valence-corrected chi connectivity index (χ4v) is 3.34. The van der Waals surface area contributed by atoms with Gasteiger partial charge in [-0.3, -0.25) is 29.0 Å². The highest BCUT2D eigenvalue weighted by Crippen LogP contribution is 2.16. The van der Waals surface area contributed by atoms with Crippen molar-refractivity contribution in [1.82, 2.24) is 9.80 Å². The van der Waals surface area contributed by atoms with Crippen LogP contribution in [0.4, 0.5) is 0 Å². The molecular weight excluding hydrogens is 480 g/mol. The van der Waals surface area contributed by atoms with E-state index in [9.17, 15) is 34.5 Å². The molecular formula is C23H34N2O11. The van der Waals surface area contributed by atoms with Gasteiger partial charge in [0.1, 0.15) is 18.3 Å². The summed E-state index contributed by atoms with van der Waals surface area (Å²) in [5, 5.41) is 29.6. The topological polar surface area (TPSA) is 172 Å². The molecule has 202 valence electrons. The highest BCUT2D eigenvalue weighted by atomic mass is 16.5. The molecule has 2 saturated heterocycles. The average Bonchev–Trinajstić information content (AvgIpc) is 3.21. The third-order valence-electron chi connectivity index (χ3n) is 5.21. The first-order valence-electron chi connectivity index (χ1n) is 11.5. The lowest BCUT2D eigenvalue weighted by atomic mass is 10.3. The minimum absolute atomic E-state index is 0.0103. The summed E-state index contributed by atoms with van der Waals surface area (Å²) in [4.78, 5) is 48.7. The second kappa shape index (κ2) is 14.9. The van der Waals surface area contributed by atoms with Crippen molar-refractivity contribution in [3.05, 3.63) is 24.3 Å². The second-order valence-corrected chi connectivity index (χ2v) is 8.45. The predicted octanol–water partition coefficient (Wildman–Crippen LogP) is -2.23. The number of aliphatic hydroxyl groups is 3. The Hall–Kier alpha value is -2.52. The van der Waals surface area contributed by atoms with Gasteiger partial charge in [0.25, 0.3) is 11.8 Å². The van der Waals surface area contributed by atoms with Crippen LogP contribution in [0.15, 0.2) is 24.3 Å². The van der Waals surface area contributed by atoms with Crippen molar-refractivity contribution < 1.29 is 53.4 Å². The SMILES string of the molecule is C=C1CC(=O)N(CCOCC(O)COCC(O)COCC(O)COCCN2C(=O)CC(=C)C2=O)C1=O. The van der Waals surface area contributed by atoms with E-state index in [1.165, 1.54) is 0 Å². The standard InChI is InChI=1S/C23H34N2O11/c1-15-7-20(29)24(22(15)31)3-5-33-9-17(26)11-35-13-19(28)14-36-12-18(27)10-34-6-4-25-21(30)8-16(2)23(25)32/h17-19,26-28H,1-14H2. The van der Waals surface area contributed by atoms with Crippen molar-refractivity contribution in [2.45, 2.75) is 31.2 Å². The fraction of sp³-hybridized carbons (Fsp3) is 0.652. The van der Waals surface area contributed by atoms with Gasteiger partial charge in [-0.05, 0) is 0 Å². The molecule has 0 saturated carbocycles. The maximum absolute atomic E-state index is 11.7. The Labute approximate surface area is 208 Å². The van der Waals surface area contributed by atoms with Crippen LogP contribution in [0.25, 0.3) is 0 Å². The molecule has 0 spiro atoms. The number of aliphatic hydroxyl groups excluding tert-OH is 3. The molecule has 0 aromatic heterocycles. The highest BCUT2D eigenvalue weighted by molar-refractivity contribution is 6.13. The number of carbonyl (C=O) groups is 4. The lowest BCUT2D eigenvalue weighted by Crippen LogP contribution is -2.34. The maximum atomic E-state index is 11.7. The van der Waals surface area contributed by atoms with Crippen LogP contribution in [0.2, 0.25) is 0 Å². The number of likely N-dealkylation sites (tertiary alicyclic amines) is 2. The van der Waals surface area contributed by atoms with Crippen molar-refractivity contribution in [3.8, 4) is 0 Å². The van der Waals surface area contributed by atoms with Gasteiger partial charge in [-0.25, -0.2) is 0 Å². The van der Waals surface area contributed by atoms with Crippen LogP contribution in [-0.2, 0) is 38.1 Å². The van der Waals surface area contributed by atoms with Gasteiger partial charge < -0.3 is 34.3 Å². The third-order valence-corrected chi connectivity index (χ3v) is 5.21. The summed E-state index contributed by atoms with van der Waals surface area (Å²) in [5.74, 6) is -1.48. The van der Waals surface area contributed by atoms with Crippen LogP contribution in [0.3, 0.4) is 0 Å². The van der Waals surface area contributed by atoms with E-state index >= 15 is 0 Å². The van der Waals surface area contributed by atoms with E-state index in [0.717, 1.165) is 9.80 Å². The van der Waals surface area contributed by atoms with Crippen molar-refractivity contribution >= 4 is 23.6 Å². The van der Waals surface area contributed by atoms with Gasteiger partial charge >= 0.3 is 0 Å². The van der Waals surface area contributed by atoms with Gasteiger partial charge in [0, 0.05) is 11.1 Å². The minimum Gasteiger partial charge on any atom is -0.388 e. The molecule has 0 aromatic carbocycles. The number of amides is 4. The smallest absolute Gasteiger partial charge is 0.256 e. The second-order valence-electron chi connectivity index (χ2n) is 8.45. The zero-order valence-corrected chi connectivity index (χ0v) is 20.1. The first kappa shape index (κ1) is 29.7. The summed E-state index contributed by atoms with van der Waals surface area (Å²) in [5.41, 5.74) is 0.493. The fourth-order valence-electron chi connectivity index (χ4n) is 3.34. The Bertz CT molecular complexity index is 765. The van der Waals surface area contributed by atoms with Crippen LogP contribution in [0, 0.1) is 0 Å². The van der Waals surface area contributed by atoms with Gasteiger partial charge in [-0.1, -0.05) is 13.2 Å². The number of hydrogen-bond acceptors (Lipinski definition) is 11. The largest absolute Gasteiger partial charge is 0.388 e. The summed E-state index contributed by atoms with van der Waals surface area (Å²) in [6.07, 6.45) is -2.92. The van der Waals surface area contributed by atoms with Gasteiger partial charge in [0.15, 0.2) is 0 Å². The Morgan fingerprint density at radius 1 is 0.611 bits per heavy atom. The van der Waals surface area contributed by atoms with E-state index in [-0.39, 0.29) is 102 Å². The molecule has 36 heavy (non-hydrogen) atoms. The van der Waals surface area contributed by atoms with Crippen LogP contribution >= 0.6 is 0 Å². The van der Waals surface area contributed by atoms with E-state index in [2.05, 4.69) is 13.2 Å². The van der Waals surface area contributed by atoms with Gasteiger partial charge in [0.2, 0.25) is 11.8 Å². The molecule has 4 amide bonds. The summed E-state index contributed by atoms with van der Waals surface area (Å²) in [7, 11) is 0. The Balaban J connectivity index is 1.43. The van der Waals surface area contributed by atoms with Crippen LogP contribution in [0.5, 0.6) is 0 Å². The first-order chi connectivity index (χ1) is 17.1. The highest BCUT2D eigenvalue weighted by Gasteiger charge is 2.32. The molecule has 2 unspecified atom stereocenters. The molecule has 2 fully saturated rings.